The lowest BCUT2D eigenvalue weighted by atomic mass is 9.90. The highest BCUT2D eigenvalue weighted by atomic mass is 32.1. The molecule has 1 saturated heterocycles. The predicted molar refractivity (Wildman–Crippen MR) is 100 cm³/mol. The largest absolute Gasteiger partial charge is 0.346 e. The van der Waals surface area contributed by atoms with E-state index >= 15 is 0 Å². The summed E-state index contributed by atoms with van der Waals surface area (Å²) in [5.41, 5.74) is 0.766. The van der Waals surface area contributed by atoms with E-state index in [1.807, 2.05) is 5.38 Å². The smallest absolute Gasteiger partial charge is 0.223 e. The number of piperidine rings is 1. The number of thiazole rings is 1. The molecule has 1 aromatic heterocycles. The third-order valence-electron chi connectivity index (χ3n) is 5.37. The maximum Gasteiger partial charge on any atom is 0.223 e. The molecule has 0 unspecified atom stereocenters. The van der Waals surface area contributed by atoms with E-state index in [-0.39, 0.29) is 23.8 Å². The monoisotopic (exact) mass is 391 g/mol. The molecule has 2 fully saturated rings. The van der Waals surface area contributed by atoms with Crippen molar-refractivity contribution in [2.24, 2.45) is 11.8 Å². The van der Waals surface area contributed by atoms with Crippen molar-refractivity contribution in [3.63, 3.8) is 0 Å². The molecule has 2 aromatic rings. The van der Waals surface area contributed by atoms with Crippen molar-refractivity contribution in [1.82, 2.24) is 15.2 Å². The number of benzene rings is 1. The van der Waals surface area contributed by atoms with E-state index in [1.54, 1.807) is 23.6 Å². The summed E-state index contributed by atoms with van der Waals surface area (Å²) in [5, 5.41) is 6.11. The normalized spacial score (nSPS) is 21.8. The van der Waals surface area contributed by atoms with Crippen molar-refractivity contribution >= 4 is 17.2 Å². The van der Waals surface area contributed by atoms with Crippen LogP contribution in [0.15, 0.2) is 29.8 Å². The van der Waals surface area contributed by atoms with Crippen LogP contribution in [0.2, 0.25) is 0 Å². The molecule has 0 bridgehead atoms. The molecule has 27 heavy (non-hydrogen) atoms. The highest BCUT2D eigenvalue weighted by molar-refractivity contribution is 7.09. The summed E-state index contributed by atoms with van der Waals surface area (Å²) >= 11 is 1.57. The first-order valence-electron chi connectivity index (χ1n) is 9.46. The number of carbonyl (C=O) groups excluding carboxylic acids is 1. The molecule has 144 valence electrons. The lowest BCUT2D eigenvalue weighted by Gasteiger charge is -2.36. The molecule has 1 aliphatic heterocycles. The maximum atomic E-state index is 13.5. The van der Waals surface area contributed by atoms with Gasteiger partial charge in [-0.1, -0.05) is 6.07 Å². The molecule has 2 aliphatic rings. The fourth-order valence-electron chi connectivity index (χ4n) is 3.79. The van der Waals surface area contributed by atoms with E-state index in [4.69, 9.17) is 0 Å². The van der Waals surface area contributed by atoms with E-state index in [0.717, 1.165) is 49.3 Å². The van der Waals surface area contributed by atoms with Crippen LogP contribution >= 0.6 is 11.3 Å². The van der Waals surface area contributed by atoms with Gasteiger partial charge in [0.1, 0.15) is 5.01 Å². The number of hydrogen-bond donors (Lipinski definition) is 1. The Labute approximate surface area is 161 Å². The second kappa shape index (κ2) is 8.02. The average molecular weight is 391 g/mol. The first-order chi connectivity index (χ1) is 13.1. The van der Waals surface area contributed by atoms with E-state index in [9.17, 15) is 13.6 Å². The van der Waals surface area contributed by atoms with Crippen LogP contribution in [-0.4, -0.2) is 28.9 Å². The minimum atomic E-state index is -0.818. The standard InChI is InChI=1S/C20H23F2N3OS/c21-16-6-3-13(10-17(16)22)11-25-8-1-2-15(12-25)18(20-23-7-9-27-20)24-19(26)14-4-5-14/h3,6-7,9-10,14-15,18H,1-2,4-5,8,11-12H2,(H,24,26)/t15-,18-/m1/s1. The Morgan fingerprint density at radius 1 is 1.30 bits per heavy atom. The molecule has 0 spiro atoms. The van der Waals surface area contributed by atoms with Gasteiger partial charge >= 0.3 is 0 Å². The zero-order chi connectivity index (χ0) is 18.8. The lowest BCUT2D eigenvalue weighted by molar-refractivity contribution is -0.123. The second-order valence-corrected chi connectivity index (χ2v) is 8.44. The fourth-order valence-corrected chi connectivity index (χ4v) is 4.57. The number of hydrogen-bond acceptors (Lipinski definition) is 4. The van der Waals surface area contributed by atoms with Crippen molar-refractivity contribution in [2.45, 2.75) is 38.3 Å². The Morgan fingerprint density at radius 2 is 2.15 bits per heavy atom. The number of carbonyl (C=O) groups is 1. The Kier molecular flexibility index (Phi) is 5.50. The molecule has 2 heterocycles. The summed E-state index contributed by atoms with van der Waals surface area (Å²) in [6.45, 7) is 2.29. The molecule has 0 radical (unpaired) electrons. The number of rotatable bonds is 6. The van der Waals surface area contributed by atoms with Gasteiger partial charge in [-0.3, -0.25) is 9.69 Å². The topological polar surface area (TPSA) is 45.2 Å². The van der Waals surface area contributed by atoms with E-state index in [1.165, 1.54) is 12.1 Å². The number of aromatic nitrogens is 1. The molecule has 1 aromatic carbocycles. The van der Waals surface area contributed by atoms with Crippen LogP contribution < -0.4 is 5.32 Å². The summed E-state index contributed by atoms with van der Waals surface area (Å²) in [5.74, 6) is -1.07. The van der Waals surface area contributed by atoms with Crippen molar-refractivity contribution in [2.75, 3.05) is 13.1 Å². The van der Waals surface area contributed by atoms with Crippen molar-refractivity contribution < 1.29 is 13.6 Å². The van der Waals surface area contributed by atoms with Crippen LogP contribution in [0.5, 0.6) is 0 Å². The summed E-state index contributed by atoms with van der Waals surface area (Å²) < 4.78 is 26.7. The zero-order valence-corrected chi connectivity index (χ0v) is 15.9. The molecular formula is C20H23F2N3OS. The van der Waals surface area contributed by atoms with Gasteiger partial charge in [-0.2, -0.15) is 0 Å². The van der Waals surface area contributed by atoms with Crippen LogP contribution in [0.3, 0.4) is 0 Å². The SMILES string of the molecule is O=C(N[C@@H](c1nccs1)[C@@H]1CCCN(Cc2ccc(F)c(F)c2)C1)C1CC1. The molecule has 1 saturated carbocycles. The summed E-state index contributed by atoms with van der Waals surface area (Å²) in [4.78, 5) is 19.1. The van der Waals surface area contributed by atoms with Crippen LogP contribution in [-0.2, 0) is 11.3 Å². The summed E-state index contributed by atoms with van der Waals surface area (Å²) in [6.07, 6.45) is 5.75. The lowest BCUT2D eigenvalue weighted by Crippen LogP contribution is -2.43. The Hall–Kier alpha value is -1.86. The molecular weight excluding hydrogens is 368 g/mol. The molecule has 7 heteroatoms. The van der Waals surface area contributed by atoms with Crippen molar-refractivity contribution in [3.8, 4) is 0 Å². The van der Waals surface area contributed by atoms with Crippen molar-refractivity contribution in [3.05, 3.63) is 52.0 Å². The van der Waals surface area contributed by atoms with Gasteiger partial charge < -0.3 is 5.32 Å². The number of amides is 1. The molecule has 1 aliphatic carbocycles. The number of nitrogens with zero attached hydrogens (tertiary/aromatic N) is 2. The fraction of sp³-hybridized carbons (Fsp3) is 0.500. The Morgan fingerprint density at radius 3 is 2.85 bits per heavy atom. The van der Waals surface area contributed by atoms with Gasteiger partial charge in [0.05, 0.1) is 6.04 Å². The van der Waals surface area contributed by atoms with Gasteiger partial charge in [0.15, 0.2) is 11.6 Å². The molecule has 1 N–H and O–H groups in total. The minimum Gasteiger partial charge on any atom is -0.346 e. The maximum absolute atomic E-state index is 13.5. The van der Waals surface area contributed by atoms with Gasteiger partial charge in [-0.15, -0.1) is 11.3 Å². The number of nitrogens with one attached hydrogen (secondary N) is 1. The highest BCUT2D eigenvalue weighted by Crippen LogP contribution is 2.34. The van der Waals surface area contributed by atoms with Crippen LogP contribution in [0.1, 0.15) is 42.3 Å². The molecule has 4 rings (SSSR count). The zero-order valence-electron chi connectivity index (χ0n) is 15.0. The van der Waals surface area contributed by atoms with Gasteiger partial charge in [0.25, 0.3) is 0 Å². The van der Waals surface area contributed by atoms with Gasteiger partial charge in [0.2, 0.25) is 5.91 Å². The van der Waals surface area contributed by atoms with Gasteiger partial charge in [-0.05, 0) is 55.8 Å². The quantitative estimate of drug-likeness (QED) is 0.812. The van der Waals surface area contributed by atoms with E-state index < -0.39 is 11.6 Å². The van der Waals surface area contributed by atoms with Crippen LogP contribution in [0, 0.1) is 23.5 Å². The number of likely N-dealkylation sites (tertiary alicyclic amines) is 1. The van der Waals surface area contributed by atoms with Crippen LogP contribution in [0.25, 0.3) is 0 Å². The van der Waals surface area contributed by atoms with Crippen LogP contribution in [0.4, 0.5) is 8.78 Å². The molecule has 2 atom stereocenters. The Bertz CT molecular complexity index is 795. The van der Waals surface area contributed by atoms with E-state index in [2.05, 4.69) is 15.2 Å². The average Bonchev–Trinajstić information content (AvgIpc) is 3.38. The van der Waals surface area contributed by atoms with Crippen molar-refractivity contribution in [1.29, 1.82) is 0 Å². The highest BCUT2D eigenvalue weighted by Gasteiger charge is 2.36. The first kappa shape index (κ1) is 18.5. The first-order valence-corrected chi connectivity index (χ1v) is 10.3. The summed E-state index contributed by atoms with van der Waals surface area (Å²) in [6, 6.07) is 4.01. The van der Waals surface area contributed by atoms with Gasteiger partial charge in [0, 0.05) is 30.6 Å². The molecule has 4 nitrogen and oxygen atoms in total. The minimum absolute atomic E-state index is 0.0779. The predicted octanol–water partition coefficient (Wildman–Crippen LogP) is 3.90. The van der Waals surface area contributed by atoms with Gasteiger partial charge in [-0.25, -0.2) is 13.8 Å². The second-order valence-electron chi connectivity index (χ2n) is 7.52. The summed E-state index contributed by atoms with van der Waals surface area (Å²) in [7, 11) is 0. The third-order valence-corrected chi connectivity index (χ3v) is 6.23. The Balaban J connectivity index is 1.45. The van der Waals surface area contributed by atoms with E-state index in [0.29, 0.717) is 6.54 Å². The third kappa shape index (κ3) is 4.52. The number of halogens is 2. The molecule has 1 amide bonds.